The van der Waals surface area contributed by atoms with E-state index >= 15 is 0 Å². The molecule has 2 atom stereocenters. The summed E-state index contributed by atoms with van der Waals surface area (Å²) in [5.74, 6) is -0.528. The minimum absolute atomic E-state index is 0.0689. The highest BCUT2D eigenvalue weighted by molar-refractivity contribution is 9.10. The fourth-order valence-electron chi connectivity index (χ4n) is 3.50. The van der Waals surface area contributed by atoms with Gasteiger partial charge in [-0.3, -0.25) is 9.48 Å². The van der Waals surface area contributed by atoms with E-state index in [1.165, 1.54) is 0 Å². The number of aromatic nitrogens is 5. The van der Waals surface area contributed by atoms with Gasteiger partial charge in [-0.15, -0.1) is 0 Å². The summed E-state index contributed by atoms with van der Waals surface area (Å²) in [7, 11) is 1.85. The number of aryl methyl sites for hydroxylation is 1. The highest BCUT2D eigenvalue weighted by atomic mass is 79.9. The van der Waals surface area contributed by atoms with E-state index in [2.05, 4.69) is 26.1 Å². The second-order valence-electron chi connectivity index (χ2n) is 6.44. The fourth-order valence-corrected chi connectivity index (χ4v) is 4.08. The molecule has 3 aromatic rings. The van der Waals surface area contributed by atoms with Crippen molar-refractivity contribution in [1.29, 1.82) is 0 Å². The average molecular weight is 405 g/mol. The highest BCUT2D eigenvalue weighted by Crippen LogP contribution is 2.42. The molecule has 9 heteroatoms. The van der Waals surface area contributed by atoms with Gasteiger partial charge in [0.05, 0.1) is 28.5 Å². The zero-order valence-electron chi connectivity index (χ0n) is 13.6. The van der Waals surface area contributed by atoms with Gasteiger partial charge < -0.3 is 10.8 Å². The van der Waals surface area contributed by atoms with Crippen LogP contribution >= 0.6 is 15.9 Å². The summed E-state index contributed by atoms with van der Waals surface area (Å²) >= 11 is 3.53. The highest BCUT2D eigenvalue weighted by Gasteiger charge is 2.33. The molecule has 1 aliphatic carbocycles. The molecule has 1 saturated carbocycles. The zero-order valence-corrected chi connectivity index (χ0v) is 15.1. The Hall–Kier alpha value is -2.42. The van der Waals surface area contributed by atoms with Crippen LogP contribution in [0.25, 0.3) is 16.8 Å². The van der Waals surface area contributed by atoms with Gasteiger partial charge in [0, 0.05) is 30.3 Å². The lowest BCUT2D eigenvalue weighted by Gasteiger charge is -2.14. The Balaban J connectivity index is 1.83. The van der Waals surface area contributed by atoms with Crippen molar-refractivity contribution >= 4 is 33.4 Å². The van der Waals surface area contributed by atoms with E-state index in [-0.39, 0.29) is 11.8 Å². The van der Waals surface area contributed by atoms with E-state index in [1.807, 2.05) is 13.2 Å². The summed E-state index contributed by atoms with van der Waals surface area (Å²) in [6.07, 6.45) is 7.40. The lowest BCUT2D eigenvalue weighted by molar-refractivity contribution is -0.141. The normalized spacial score (nSPS) is 20.4. The van der Waals surface area contributed by atoms with Crippen molar-refractivity contribution in [3.63, 3.8) is 0 Å². The van der Waals surface area contributed by atoms with Crippen LogP contribution in [0, 0.1) is 5.92 Å². The predicted molar refractivity (Wildman–Crippen MR) is 95.0 cm³/mol. The number of carboxylic acids is 1. The lowest BCUT2D eigenvalue weighted by Crippen LogP contribution is -2.11. The largest absolute Gasteiger partial charge is 0.481 e. The van der Waals surface area contributed by atoms with Crippen LogP contribution < -0.4 is 5.73 Å². The van der Waals surface area contributed by atoms with Gasteiger partial charge in [0.2, 0.25) is 0 Å². The molecule has 3 N–H and O–H groups in total. The molecule has 25 heavy (non-hydrogen) atoms. The number of nitrogens with two attached hydrogens (primary N) is 1. The number of nitrogens with zero attached hydrogens (tertiary/aromatic N) is 5. The van der Waals surface area contributed by atoms with Gasteiger partial charge >= 0.3 is 5.97 Å². The molecule has 1 aliphatic rings. The number of fused-ring (bicyclic) bond motifs is 1. The van der Waals surface area contributed by atoms with Crippen LogP contribution in [0.5, 0.6) is 0 Å². The number of aliphatic carboxylic acids is 1. The molecule has 0 spiro atoms. The van der Waals surface area contributed by atoms with Gasteiger partial charge in [0.25, 0.3) is 0 Å². The Morgan fingerprint density at radius 3 is 2.80 bits per heavy atom. The standard InChI is InChI=1S/C16H17BrN6O2/c1-22-7-10(5-19-22)11-6-20-23-14(18)12(17)13(21-15(11)23)8-2-3-9(4-8)16(24)25/h5-9H,2-4,18H2,1H3,(H,24,25). The van der Waals surface area contributed by atoms with Gasteiger partial charge in [-0.1, -0.05) is 0 Å². The van der Waals surface area contributed by atoms with E-state index in [1.54, 1.807) is 21.6 Å². The van der Waals surface area contributed by atoms with Crippen molar-refractivity contribution in [3.8, 4) is 11.1 Å². The molecule has 2 unspecified atom stereocenters. The average Bonchev–Trinajstić information content (AvgIpc) is 3.29. The van der Waals surface area contributed by atoms with Crippen molar-refractivity contribution < 1.29 is 9.90 Å². The number of carbonyl (C=O) groups is 1. The smallest absolute Gasteiger partial charge is 0.306 e. The summed E-state index contributed by atoms with van der Waals surface area (Å²) in [5, 5.41) is 17.8. The van der Waals surface area contributed by atoms with Gasteiger partial charge in [0.1, 0.15) is 5.82 Å². The third kappa shape index (κ3) is 2.58. The molecule has 4 rings (SSSR count). The predicted octanol–water partition coefficient (Wildman–Crippen LogP) is 2.44. The molecule has 0 amide bonds. The summed E-state index contributed by atoms with van der Waals surface area (Å²) in [6.45, 7) is 0. The molecule has 130 valence electrons. The third-order valence-corrected chi connectivity index (χ3v) is 5.65. The van der Waals surface area contributed by atoms with Gasteiger partial charge in [-0.2, -0.15) is 14.7 Å². The second kappa shape index (κ2) is 5.83. The minimum Gasteiger partial charge on any atom is -0.481 e. The van der Waals surface area contributed by atoms with Gasteiger partial charge in [-0.05, 0) is 35.2 Å². The summed E-state index contributed by atoms with van der Waals surface area (Å²) in [6, 6.07) is 0. The van der Waals surface area contributed by atoms with Crippen LogP contribution in [-0.2, 0) is 11.8 Å². The van der Waals surface area contributed by atoms with E-state index < -0.39 is 5.97 Å². The van der Waals surface area contributed by atoms with E-state index in [9.17, 15) is 9.90 Å². The van der Waals surface area contributed by atoms with Crippen molar-refractivity contribution in [2.24, 2.45) is 13.0 Å². The number of anilines is 1. The van der Waals surface area contributed by atoms with Crippen LogP contribution in [-0.4, -0.2) is 35.5 Å². The summed E-state index contributed by atoms with van der Waals surface area (Å²) in [5.41, 5.74) is 9.47. The van der Waals surface area contributed by atoms with Gasteiger partial charge in [-0.25, -0.2) is 4.98 Å². The quantitative estimate of drug-likeness (QED) is 0.693. The molecule has 3 heterocycles. The van der Waals surface area contributed by atoms with Gasteiger partial charge in [0.15, 0.2) is 5.65 Å². The fraction of sp³-hybridized carbons (Fsp3) is 0.375. The first-order valence-electron chi connectivity index (χ1n) is 8.00. The van der Waals surface area contributed by atoms with E-state index in [0.717, 1.165) is 23.2 Å². The van der Waals surface area contributed by atoms with E-state index in [4.69, 9.17) is 10.7 Å². The summed E-state index contributed by atoms with van der Waals surface area (Å²) in [4.78, 5) is 16.1. The molecule has 8 nitrogen and oxygen atoms in total. The van der Waals surface area contributed by atoms with Crippen molar-refractivity contribution in [2.75, 3.05) is 5.73 Å². The third-order valence-electron chi connectivity index (χ3n) is 4.83. The van der Waals surface area contributed by atoms with Crippen LogP contribution in [0.15, 0.2) is 23.1 Å². The number of hydrogen-bond donors (Lipinski definition) is 2. The molecule has 0 radical (unpaired) electrons. The molecule has 0 saturated heterocycles. The number of nitrogen functional groups attached to an aromatic ring is 1. The number of rotatable bonds is 3. The number of hydrogen-bond acceptors (Lipinski definition) is 5. The Morgan fingerprint density at radius 1 is 1.36 bits per heavy atom. The topological polar surface area (TPSA) is 111 Å². The Bertz CT molecular complexity index is 979. The molecule has 0 aromatic carbocycles. The first-order valence-corrected chi connectivity index (χ1v) is 8.79. The molecular weight excluding hydrogens is 388 g/mol. The second-order valence-corrected chi connectivity index (χ2v) is 7.23. The molecule has 3 aromatic heterocycles. The Morgan fingerprint density at radius 2 is 2.16 bits per heavy atom. The molecule has 0 bridgehead atoms. The van der Waals surface area contributed by atoms with E-state index in [0.29, 0.717) is 28.8 Å². The maximum Gasteiger partial charge on any atom is 0.306 e. The van der Waals surface area contributed by atoms with Crippen molar-refractivity contribution in [3.05, 3.63) is 28.8 Å². The molecular formula is C16H17BrN6O2. The maximum atomic E-state index is 11.3. The molecule has 1 fully saturated rings. The molecule has 0 aliphatic heterocycles. The first-order chi connectivity index (χ1) is 12.0. The summed E-state index contributed by atoms with van der Waals surface area (Å²) < 4.78 is 4.01. The van der Waals surface area contributed by atoms with Crippen LogP contribution in [0.4, 0.5) is 5.82 Å². The van der Waals surface area contributed by atoms with Crippen LogP contribution in [0.2, 0.25) is 0 Å². The Labute approximate surface area is 151 Å². The monoisotopic (exact) mass is 404 g/mol. The lowest BCUT2D eigenvalue weighted by atomic mass is 10.0. The van der Waals surface area contributed by atoms with Crippen molar-refractivity contribution in [2.45, 2.75) is 25.2 Å². The SMILES string of the molecule is Cn1cc(-c2cnn3c(N)c(Br)c(C4CCC(C(=O)O)C4)nc23)cn1. The minimum atomic E-state index is -0.743. The number of carboxylic acid groups (broad SMARTS) is 1. The maximum absolute atomic E-state index is 11.3. The van der Waals surface area contributed by atoms with Crippen LogP contribution in [0.1, 0.15) is 30.9 Å². The first kappa shape index (κ1) is 16.1. The van der Waals surface area contributed by atoms with Crippen molar-refractivity contribution in [1.82, 2.24) is 24.4 Å². The Kier molecular flexibility index (Phi) is 3.75. The zero-order chi connectivity index (χ0) is 17.7. The number of halogens is 1. The van der Waals surface area contributed by atoms with Crippen LogP contribution in [0.3, 0.4) is 0 Å².